The van der Waals surface area contributed by atoms with Gasteiger partial charge in [-0.3, -0.25) is 4.79 Å². The molecule has 0 amide bonds. The van der Waals surface area contributed by atoms with Crippen molar-refractivity contribution in [3.05, 3.63) is 128 Å². The number of hydrogen-bond acceptors (Lipinski definition) is 14. The Balaban J connectivity index is 1.09. The van der Waals surface area contributed by atoms with Crippen LogP contribution in [0.1, 0.15) is 126 Å². The highest BCUT2D eigenvalue weighted by atomic mass is 33.1. The van der Waals surface area contributed by atoms with Crippen molar-refractivity contribution in [3.63, 3.8) is 0 Å². The highest BCUT2D eigenvalue weighted by Crippen LogP contribution is 2.64. The number of esters is 1. The van der Waals surface area contributed by atoms with Crippen LogP contribution in [0.5, 0.6) is 28.7 Å². The Labute approximate surface area is 489 Å². The van der Waals surface area contributed by atoms with Crippen molar-refractivity contribution < 1.29 is 38.7 Å². The second-order valence-electron chi connectivity index (χ2n) is 24.9. The van der Waals surface area contributed by atoms with Gasteiger partial charge in [0.2, 0.25) is 0 Å². The first-order valence-electron chi connectivity index (χ1n) is 29.9. The smallest absolute Gasteiger partial charge is 0.302 e. The molecule has 14 rings (SSSR count). The van der Waals surface area contributed by atoms with E-state index < -0.39 is 29.5 Å². The van der Waals surface area contributed by atoms with Gasteiger partial charge in [0.1, 0.15) is 42.0 Å². The van der Waals surface area contributed by atoms with Gasteiger partial charge in [0, 0.05) is 88.9 Å². The lowest BCUT2D eigenvalue weighted by Gasteiger charge is -2.40. The lowest BCUT2D eigenvalue weighted by molar-refractivity contribution is -0.141. The van der Waals surface area contributed by atoms with Crippen molar-refractivity contribution in [1.82, 2.24) is 16.0 Å². The minimum Gasteiger partial charge on any atom is -0.508 e. The summed E-state index contributed by atoms with van der Waals surface area (Å²) in [4.78, 5) is 13.3. The largest absolute Gasteiger partial charge is 0.508 e. The van der Waals surface area contributed by atoms with E-state index in [1.807, 2.05) is 27.7 Å². The van der Waals surface area contributed by atoms with Crippen molar-refractivity contribution in [3.8, 4) is 63.6 Å². The van der Waals surface area contributed by atoms with Crippen LogP contribution in [0.3, 0.4) is 0 Å². The molecule has 4 aromatic carbocycles. The lowest BCUT2D eigenvalue weighted by atomic mass is 9.64. The second kappa shape index (κ2) is 22.2. The average molecular weight is 1140 g/mol. The maximum atomic E-state index is 13.5. The van der Waals surface area contributed by atoms with E-state index in [0.29, 0.717) is 66.5 Å². The number of ether oxygens (including phenoxy) is 5. The van der Waals surface area contributed by atoms with Crippen molar-refractivity contribution in [2.24, 2.45) is 35.3 Å². The molecule has 14 heteroatoms. The summed E-state index contributed by atoms with van der Waals surface area (Å²) in [5.41, 5.74) is 18.9. The summed E-state index contributed by atoms with van der Waals surface area (Å²) in [6, 6.07) is 17.4. The van der Waals surface area contributed by atoms with Gasteiger partial charge >= 0.3 is 5.97 Å². The predicted molar refractivity (Wildman–Crippen MR) is 323 cm³/mol. The SMILES string of the molecule is COC[C@H]1CCNCc2c(O)c3c(c4c2[C@@H]2C#CC5=C(C=CC(N)N5)[C@@H](Cc5cccc(c5)C[C@@H]1C#C2)[C@H]1CC[C@@]2(Cc5cc(O)cc(OC)c5-c5ccc6c(c52)O[C@H]4[C@H]6COC(C)=O)C1)C=C[C@@H]1N[C@H]2CCC[C@H](CSSC[C@@H]1O3)C2. The first-order chi connectivity index (χ1) is 40.0. The number of nitrogens with one attached hydrogen (secondary N) is 3. The molecule has 3 fully saturated rings. The Hall–Kier alpha value is -5.97. The topological polar surface area (TPSA) is 166 Å². The molecule has 7 N–H and O–H groups in total. The van der Waals surface area contributed by atoms with Gasteiger partial charge < -0.3 is 55.6 Å². The van der Waals surface area contributed by atoms with Gasteiger partial charge in [0.05, 0.1) is 37.5 Å². The molecule has 12 nitrogen and oxygen atoms in total. The van der Waals surface area contributed by atoms with Gasteiger partial charge in [0.25, 0.3) is 0 Å². The number of carbonyl (C=O) groups excluding carboxylic acids is 1. The first-order valence-corrected chi connectivity index (χ1v) is 32.4. The summed E-state index contributed by atoms with van der Waals surface area (Å²) >= 11 is 0. The molecule has 0 radical (unpaired) electrons. The quantitative estimate of drug-likeness (QED) is 0.0635. The molecule has 4 aliphatic carbocycles. The summed E-state index contributed by atoms with van der Waals surface area (Å²) in [7, 11) is 7.25. The Bertz CT molecular complexity index is 3460. The van der Waals surface area contributed by atoms with E-state index in [4.69, 9.17) is 29.4 Å². The monoisotopic (exact) mass is 1140 g/mol. The third kappa shape index (κ3) is 9.77. The molecule has 2 saturated carbocycles. The standard InChI is InChI=1S/C68H74N4O8S2/c1-37(73)78-34-54-49-13-14-50-60-45(28-47(74)29-57(60)77-3)31-68-22-20-43(30-68)52-27-39-7-4-6-38(24-39)25-42-11-10-41(12-17-55-48(52)16-19-59(69)72-55)61-53(32-70-23-21-44(42)33-76-2)64(75)67-51(62(61)65(54)80-66(49)63(50)68)15-18-56-58(79-67)36-82-81-35-40-8-5-9-46(26-40)71-56/h4,6-7,13-16,18-19,24,28-29,40-44,46,52,54,56,58-59,65,70-72,74-75H,5,8-9,20-23,25-27,30-36,69H2,1-3H3/t40-,41-,42-,43-,44+,46-,52-,54-,56-,58-,59?,65-,68-/m0/s1. The lowest BCUT2D eigenvalue weighted by Crippen LogP contribution is -2.49. The fourth-order valence-corrected chi connectivity index (χ4v) is 18.8. The van der Waals surface area contributed by atoms with Crippen LogP contribution >= 0.6 is 21.6 Å². The number of hydrogen-bond donors (Lipinski definition) is 6. The van der Waals surface area contributed by atoms with Crippen LogP contribution in [0.4, 0.5) is 0 Å². The summed E-state index contributed by atoms with van der Waals surface area (Å²) in [5, 5.41) is 36.5. The highest BCUT2D eigenvalue weighted by Gasteiger charge is 2.53. The van der Waals surface area contributed by atoms with E-state index in [1.165, 1.54) is 30.9 Å². The number of nitrogens with two attached hydrogens (primary N) is 1. The number of allylic oxidation sites excluding steroid dienone is 3. The number of methoxy groups -OCH3 is 2. The number of phenolic OH excluding ortho intramolecular Hbond substituents is 2. The molecule has 0 aromatic heterocycles. The molecule has 1 saturated heterocycles. The maximum Gasteiger partial charge on any atom is 0.302 e. The number of phenols is 2. The molecule has 426 valence electrons. The van der Waals surface area contributed by atoms with E-state index in [9.17, 15) is 15.0 Å². The number of aromatic hydroxyl groups is 2. The fourth-order valence-electron chi connectivity index (χ4n) is 16.2. The van der Waals surface area contributed by atoms with Crippen LogP contribution in [-0.4, -0.2) is 86.0 Å². The maximum absolute atomic E-state index is 13.5. The normalized spacial score (nSPS) is 31.7. The second-order valence-corrected chi connectivity index (χ2v) is 27.4. The minimum atomic E-state index is -0.772. The molecule has 11 bridgehead atoms. The van der Waals surface area contributed by atoms with Crippen molar-refractivity contribution in [2.45, 2.75) is 132 Å². The third-order valence-corrected chi connectivity index (χ3v) is 22.4. The van der Waals surface area contributed by atoms with Crippen LogP contribution in [0.15, 0.2) is 78.0 Å². The van der Waals surface area contributed by atoms with Crippen LogP contribution in [-0.2, 0) is 45.5 Å². The van der Waals surface area contributed by atoms with Gasteiger partial charge in [0.15, 0.2) is 11.5 Å². The first kappa shape index (κ1) is 54.0. The van der Waals surface area contributed by atoms with Gasteiger partial charge in [-0.1, -0.05) is 100 Å². The Kier molecular flexibility index (Phi) is 14.6. The van der Waals surface area contributed by atoms with Crippen LogP contribution < -0.4 is 35.9 Å². The third-order valence-electron chi connectivity index (χ3n) is 19.9. The van der Waals surface area contributed by atoms with Gasteiger partial charge in [-0.25, -0.2) is 0 Å². The Morgan fingerprint density at radius 1 is 0.927 bits per heavy atom. The number of dihydropyridines is 1. The summed E-state index contributed by atoms with van der Waals surface area (Å²) in [6.45, 7) is 2.98. The van der Waals surface area contributed by atoms with Crippen LogP contribution in [0.25, 0.3) is 17.2 Å². The average Bonchev–Trinajstić information content (AvgIpc) is 2.29. The molecule has 1 spiro atoms. The van der Waals surface area contributed by atoms with E-state index in [-0.39, 0.29) is 59.9 Å². The van der Waals surface area contributed by atoms with Gasteiger partial charge in [-0.2, -0.15) is 0 Å². The van der Waals surface area contributed by atoms with Gasteiger partial charge in [-0.05, 0) is 146 Å². The van der Waals surface area contributed by atoms with Crippen LogP contribution in [0, 0.1) is 53.3 Å². The number of rotatable bonds is 5. The van der Waals surface area contributed by atoms with E-state index in [0.717, 1.165) is 113 Å². The molecule has 82 heavy (non-hydrogen) atoms. The number of benzene rings is 4. The summed E-state index contributed by atoms with van der Waals surface area (Å²) < 4.78 is 33.9. The number of fused-ring (bicyclic) bond motifs is 14. The van der Waals surface area contributed by atoms with Crippen molar-refractivity contribution in [1.29, 1.82) is 0 Å². The minimum absolute atomic E-state index is 0.0296. The van der Waals surface area contributed by atoms with Crippen molar-refractivity contribution in [2.75, 3.05) is 45.5 Å². The zero-order chi connectivity index (χ0) is 55.8. The summed E-state index contributed by atoms with van der Waals surface area (Å²) in [6.07, 6.45) is 17.5. The highest BCUT2D eigenvalue weighted by molar-refractivity contribution is 8.76. The molecule has 1 unspecified atom stereocenters. The van der Waals surface area contributed by atoms with Gasteiger partial charge in [-0.15, -0.1) is 0 Å². The molecule has 13 atom stereocenters. The Morgan fingerprint density at radius 3 is 2.67 bits per heavy atom. The summed E-state index contributed by atoms with van der Waals surface area (Å²) in [5.74, 6) is 18.5. The Morgan fingerprint density at radius 2 is 1.80 bits per heavy atom. The van der Waals surface area contributed by atoms with E-state index in [2.05, 4.69) is 100 Å². The molecule has 10 aliphatic rings. The van der Waals surface area contributed by atoms with Crippen LogP contribution in [0.2, 0.25) is 0 Å². The van der Waals surface area contributed by atoms with E-state index in [1.54, 1.807) is 20.3 Å². The molecular formula is C68H74N4O8S2. The molecule has 6 aliphatic heterocycles. The number of carbonyl (C=O) groups is 1. The zero-order valence-corrected chi connectivity index (χ0v) is 48.7. The molecular weight excluding hydrogens is 1060 g/mol. The molecule has 4 aromatic rings. The van der Waals surface area contributed by atoms with E-state index >= 15 is 0 Å². The van der Waals surface area contributed by atoms with Crippen molar-refractivity contribution >= 4 is 33.6 Å². The fraction of sp³-hybridized carbons (Fsp3) is 0.485. The predicted octanol–water partition coefficient (Wildman–Crippen LogP) is 10.4. The molecule has 6 heterocycles. The zero-order valence-electron chi connectivity index (χ0n) is 47.1.